The van der Waals surface area contributed by atoms with E-state index in [4.69, 9.17) is 15.3 Å². The SMILES string of the molecule is O=C(O)C[C@H](O)CCCCCO. The zero-order valence-corrected chi connectivity index (χ0v) is 7.07. The summed E-state index contributed by atoms with van der Waals surface area (Å²) in [4.78, 5) is 10.1. The van der Waals surface area contributed by atoms with E-state index in [1.54, 1.807) is 0 Å². The van der Waals surface area contributed by atoms with E-state index in [9.17, 15) is 4.79 Å². The molecule has 1 atom stereocenters. The zero-order valence-electron chi connectivity index (χ0n) is 7.07. The summed E-state index contributed by atoms with van der Waals surface area (Å²) < 4.78 is 0. The molecule has 0 saturated carbocycles. The van der Waals surface area contributed by atoms with Gasteiger partial charge in [-0.05, 0) is 12.8 Å². The van der Waals surface area contributed by atoms with E-state index in [0.717, 1.165) is 19.3 Å². The summed E-state index contributed by atoms with van der Waals surface area (Å²) >= 11 is 0. The number of carboxylic acid groups (broad SMARTS) is 1. The molecule has 0 aromatic carbocycles. The van der Waals surface area contributed by atoms with E-state index < -0.39 is 12.1 Å². The van der Waals surface area contributed by atoms with Crippen LogP contribution in [0.3, 0.4) is 0 Å². The van der Waals surface area contributed by atoms with Gasteiger partial charge in [-0.3, -0.25) is 4.79 Å². The fourth-order valence-corrected chi connectivity index (χ4v) is 0.972. The first-order valence-corrected chi connectivity index (χ1v) is 4.17. The molecule has 0 spiro atoms. The Kier molecular flexibility index (Phi) is 6.70. The normalized spacial score (nSPS) is 12.8. The highest BCUT2D eigenvalue weighted by molar-refractivity contribution is 5.67. The standard InChI is InChI=1S/C8H16O4/c9-5-3-1-2-4-7(10)6-8(11)12/h7,9-10H,1-6H2,(H,11,12)/t7-/m1/s1. The number of hydrogen-bond donors (Lipinski definition) is 3. The summed E-state index contributed by atoms with van der Waals surface area (Å²) in [6, 6.07) is 0. The molecule has 0 amide bonds. The van der Waals surface area contributed by atoms with Crippen LogP contribution in [0.4, 0.5) is 0 Å². The van der Waals surface area contributed by atoms with Crippen molar-refractivity contribution >= 4 is 5.97 Å². The van der Waals surface area contributed by atoms with Gasteiger partial charge in [0.2, 0.25) is 0 Å². The number of unbranched alkanes of at least 4 members (excludes halogenated alkanes) is 2. The second-order valence-corrected chi connectivity index (χ2v) is 2.82. The van der Waals surface area contributed by atoms with Gasteiger partial charge >= 0.3 is 5.97 Å². The molecule has 0 unspecified atom stereocenters. The first kappa shape index (κ1) is 11.4. The lowest BCUT2D eigenvalue weighted by atomic mass is 10.1. The van der Waals surface area contributed by atoms with Crippen LogP contribution >= 0.6 is 0 Å². The average Bonchev–Trinajstić information content (AvgIpc) is 1.97. The third-order valence-electron chi connectivity index (χ3n) is 1.61. The van der Waals surface area contributed by atoms with Crippen molar-refractivity contribution < 1.29 is 20.1 Å². The number of rotatable bonds is 7. The highest BCUT2D eigenvalue weighted by atomic mass is 16.4. The molecule has 0 fully saturated rings. The van der Waals surface area contributed by atoms with Crippen LogP contribution in [0.5, 0.6) is 0 Å². The first-order valence-electron chi connectivity index (χ1n) is 4.17. The summed E-state index contributed by atoms with van der Waals surface area (Å²) in [5, 5.41) is 25.8. The van der Waals surface area contributed by atoms with Crippen molar-refractivity contribution in [1.82, 2.24) is 0 Å². The van der Waals surface area contributed by atoms with Crippen molar-refractivity contribution in [3.63, 3.8) is 0 Å². The average molecular weight is 176 g/mol. The van der Waals surface area contributed by atoms with Gasteiger partial charge in [0.25, 0.3) is 0 Å². The fraction of sp³-hybridized carbons (Fsp3) is 0.875. The van der Waals surface area contributed by atoms with Crippen LogP contribution in [0.2, 0.25) is 0 Å². The molecule has 4 nitrogen and oxygen atoms in total. The number of aliphatic hydroxyl groups is 2. The third kappa shape index (κ3) is 7.50. The van der Waals surface area contributed by atoms with Crippen molar-refractivity contribution in [2.75, 3.05) is 6.61 Å². The van der Waals surface area contributed by atoms with Crippen LogP contribution < -0.4 is 0 Å². The van der Waals surface area contributed by atoms with Gasteiger partial charge in [0.15, 0.2) is 0 Å². The molecule has 0 aliphatic rings. The second kappa shape index (κ2) is 7.06. The van der Waals surface area contributed by atoms with Gasteiger partial charge in [-0.2, -0.15) is 0 Å². The van der Waals surface area contributed by atoms with Gasteiger partial charge in [0.05, 0.1) is 12.5 Å². The second-order valence-electron chi connectivity index (χ2n) is 2.82. The lowest BCUT2D eigenvalue weighted by Gasteiger charge is -2.06. The van der Waals surface area contributed by atoms with Gasteiger partial charge in [-0.25, -0.2) is 0 Å². The lowest BCUT2D eigenvalue weighted by molar-refractivity contribution is -0.139. The van der Waals surface area contributed by atoms with E-state index in [2.05, 4.69) is 0 Å². The summed E-state index contributed by atoms with van der Waals surface area (Å²) in [7, 11) is 0. The van der Waals surface area contributed by atoms with E-state index in [-0.39, 0.29) is 13.0 Å². The van der Waals surface area contributed by atoms with Crippen molar-refractivity contribution in [1.29, 1.82) is 0 Å². The molecule has 0 aromatic rings. The lowest BCUT2D eigenvalue weighted by Crippen LogP contribution is -2.12. The molecular weight excluding hydrogens is 160 g/mol. The number of carboxylic acids is 1. The Labute approximate surface area is 71.8 Å². The molecule has 4 heteroatoms. The summed E-state index contributed by atoms with van der Waals surface area (Å²) in [5.41, 5.74) is 0. The Hall–Kier alpha value is -0.610. The fourth-order valence-electron chi connectivity index (χ4n) is 0.972. The Morgan fingerprint density at radius 2 is 1.92 bits per heavy atom. The van der Waals surface area contributed by atoms with Crippen molar-refractivity contribution in [2.45, 2.75) is 38.2 Å². The van der Waals surface area contributed by atoms with Crippen LogP contribution in [-0.2, 0) is 4.79 Å². The first-order chi connectivity index (χ1) is 5.66. The Morgan fingerprint density at radius 3 is 2.42 bits per heavy atom. The Balaban J connectivity index is 3.19. The minimum Gasteiger partial charge on any atom is -0.481 e. The predicted molar refractivity (Wildman–Crippen MR) is 43.8 cm³/mol. The molecule has 72 valence electrons. The topological polar surface area (TPSA) is 77.8 Å². The van der Waals surface area contributed by atoms with E-state index in [1.165, 1.54) is 0 Å². The monoisotopic (exact) mass is 176 g/mol. The molecule has 0 aromatic heterocycles. The minimum atomic E-state index is -0.968. The number of carbonyl (C=O) groups is 1. The van der Waals surface area contributed by atoms with Crippen LogP contribution in [0.25, 0.3) is 0 Å². The molecule has 0 aliphatic heterocycles. The van der Waals surface area contributed by atoms with Gasteiger partial charge < -0.3 is 15.3 Å². The summed E-state index contributed by atoms with van der Waals surface area (Å²) in [6.07, 6.45) is 1.93. The third-order valence-corrected chi connectivity index (χ3v) is 1.61. The van der Waals surface area contributed by atoms with Crippen molar-refractivity contribution in [2.24, 2.45) is 0 Å². The smallest absolute Gasteiger partial charge is 0.305 e. The highest BCUT2D eigenvalue weighted by Gasteiger charge is 2.07. The van der Waals surface area contributed by atoms with Crippen LogP contribution in [0.15, 0.2) is 0 Å². The Morgan fingerprint density at radius 1 is 1.25 bits per heavy atom. The van der Waals surface area contributed by atoms with Gasteiger partial charge in [0.1, 0.15) is 0 Å². The quantitative estimate of drug-likeness (QED) is 0.490. The van der Waals surface area contributed by atoms with Crippen LogP contribution in [-0.4, -0.2) is 34.0 Å². The van der Waals surface area contributed by atoms with E-state index >= 15 is 0 Å². The minimum absolute atomic E-state index is 0.162. The molecule has 12 heavy (non-hydrogen) atoms. The molecule has 0 bridgehead atoms. The predicted octanol–water partition coefficient (Wildman–Crippen LogP) is 0.375. The van der Waals surface area contributed by atoms with Gasteiger partial charge in [0, 0.05) is 6.61 Å². The summed E-state index contributed by atoms with van der Waals surface area (Å²) in [5.74, 6) is -0.968. The molecule has 0 radical (unpaired) electrons. The highest BCUT2D eigenvalue weighted by Crippen LogP contribution is 2.05. The van der Waals surface area contributed by atoms with E-state index in [0.29, 0.717) is 6.42 Å². The maximum Gasteiger partial charge on any atom is 0.305 e. The Bertz CT molecular complexity index is 124. The number of aliphatic carboxylic acids is 1. The largest absolute Gasteiger partial charge is 0.481 e. The number of aliphatic hydroxyl groups excluding tert-OH is 2. The molecule has 0 heterocycles. The van der Waals surface area contributed by atoms with E-state index in [1.807, 2.05) is 0 Å². The zero-order chi connectivity index (χ0) is 9.40. The van der Waals surface area contributed by atoms with Crippen molar-refractivity contribution in [3.05, 3.63) is 0 Å². The van der Waals surface area contributed by atoms with Crippen LogP contribution in [0, 0.1) is 0 Å². The maximum atomic E-state index is 10.1. The molecular formula is C8H16O4. The molecule has 0 rings (SSSR count). The van der Waals surface area contributed by atoms with Gasteiger partial charge in [-0.15, -0.1) is 0 Å². The van der Waals surface area contributed by atoms with Gasteiger partial charge in [-0.1, -0.05) is 12.8 Å². The molecule has 0 saturated heterocycles. The summed E-state index contributed by atoms with van der Waals surface area (Å²) in [6.45, 7) is 0.162. The van der Waals surface area contributed by atoms with Crippen molar-refractivity contribution in [3.8, 4) is 0 Å². The molecule has 0 aliphatic carbocycles. The van der Waals surface area contributed by atoms with Crippen LogP contribution in [0.1, 0.15) is 32.1 Å². The molecule has 3 N–H and O–H groups in total. The number of hydrogen-bond acceptors (Lipinski definition) is 3. The maximum absolute atomic E-state index is 10.1.